The van der Waals surface area contributed by atoms with Crippen LogP contribution in [0.15, 0.2) is 0 Å². The molecule has 0 aliphatic carbocycles. The Kier molecular flexibility index (Phi) is 6.96. The highest BCUT2D eigenvalue weighted by atomic mass is 16.7. The molecule has 0 N–H and O–H groups in total. The minimum absolute atomic E-state index is 0.0325. The Morgan fingerprint density at radius 2 is 1.69 bits per heavy atom. The zero-order valence-electron chi connectivity index (χ0n) is 10.9. The highest BCUT2D eigenvalue weighted by Crippen LogP contribution is 2.08. The van der Waals surface area contributed by atoms with Gasteiger partial charge < -0.3 is 19.3 Å². The fourth-order valence-corrected chi connectivity index (χ4v) is 1.80. The molecule has 4 heteroatoms. The van der Waals surface area contributed by atoms with Gasteiger partial charge in [-0.3, -0.25) is 0 Å². The van der Waals surface area contributed by atoms with Gasteiger partial charge in [0.1, 0.15) is 0 Å². The third kappa shape index (κ3) is 6.43. The van der Waals surface area contributed by atoms with E-state index in [1.165, 1.54) is 6.42 Å². The summed E-state index contributed by atoms with van der Waals surface area (Å²) in [4.78, 5) is 4.58. The summed E-state index contributed by atoms with van der Waals surface area (Å²) in [5.74, 6) is 0. The number of hydrogen-bond acceptors (Lipinski definition) is 4. The summed E-state index contributed by atoms with van der Waals surface area (Å²) in [6.07, 6.45) is 3.27. The van der Waals surface area contributed by atoms with Crippen LogP contribution < -0.4 is 0 Å². The van der Waals surface area contributed by atoms with Crippen molar-refractivity contribution in [1.29, 1.82) is 0 Å². The summed E-state index contributed by atoms with van der Waals surface area (Å²) >= 11 is 0. The third-order valence-electron chi connectivity index (χ3n) is 2.79. The van der Waals surface area contributed by atoms with Crippen molar-refractivity contribution in [3.8, 4) is 0 Å². The third-order valence-corrected chi connectivity index (χ3v) is 2.79. The van der Waals surface area contributed by atoms with Crippen LogP contribution in [0.1, 0.15) is 19.3 Å². The minimum Gasteiger partial charge on any atom is -0.353 e. The SMILES string of the molecule is CN(C)CCCN(C)CCC1OCCCO1. The average Bonchev–Trinajstić information content (AvgIpc) is 2.27. The second-order valence-electron chi connectivity index (χ2n) is 4.77. The Morgan fingerprint density at radius 1 is 1.00 bits per heavy atom. The molecule has 0 saturated carbocycles. The van der Waals surface area contributed by atoms with Crippen LogP contribution in [0.2, 0.25) is 0 Å². The molecule has 0 aromatic rings. The fraction of sp³-hybridized carbons (Fsp3) is 1.00. The predicted molar refractivity (Wildman–Crippen MR) is 65.6 cm³/mol. The first-order valence-corrected chi connectivity index (χ1v) is 6.25. The lowest BCUT2D eigenvalue weighted by atomic mass is 10.3. The molecule has 1 rings (SSSR count). The van der Waals surface area contributed by atoms with Gasteiger partial charge in [0.25, 0.3) is 0 Å². The van der Waals surface area contributed by atoms with Crippen molar-refractivity contribution in [1.82, 2.24) is 9.80 Å². The van der Waals surface area contributed by atoms with E-state index in [0.29, 0.717) is 0 Å². The van der Waals surface area contributed by atoms with Gasteiger partial charge in [0.05, 0.1) is 13.2 Å². The second-order valence-corrected chi connectivity index (χ2v) is 4.77. The van der Waals surface area contributed by atoms with Gasteiger partial charge in [-0.1, -0.05) is 0 Å². The molecule has 0 aromatic carbocycles. The van der Waals surface area contributed by atoms with Gasteiger partial charge in [-0.25, -0.2) is 0 Å². The second kappa shape index (κ2) is 8.01. The summed E-state index contributed by atoms with van der Waals surface area (Å²) in [6.45, 7) is 5.06. The maximum absolute atomic E-state index is 5.51. The van der Waals surface area contributed by atoms with Gasteiger partial charge in [0.2, 0.25) is 0 Å². The number of ether oxygens (including phenoxy) is 2. The molecule has 1 heterocycles. The Labute approximate surface area is 99.5 Å². The van der Waals surface area contributed by atoms with Crippen LogP contribution in [-0.2, 0) is 9.47 Å². The highest BCUT2D eigenvalue weighted by molar-refractivity contribution is 4.58. The zero-order valence-corrected chi connectivity index (χ0v) is 10.9. The largest absolute Gasteiger partial charge is 0.353 e. The van der Waals surface area contributed by atoms with Gasteiger partial charge in [0, 0.05) is 13.0 Å². The fourth-order valence-electron chi connectivity index (χ4n) is 1.80. The van der Waals surface area contributed by atoms with E-state index in [9.17, 15) is 0 Å². The molecule has 1 saturated heterocycles. The normalized spacial score (nSPS) is 18.6. The smallest absolute Gasteiger partial charge is 0.158 e. The maximum Gasteiger partial charge on any atom is 0.158 e. The Hall–Kier alpha value is -0.160. The summed E-state index contributed by atoms with van der Waals surface area (Å²) in [5.41, 5.74) is 0. The molecule has 0 amide bonds. The highest BCUT2D eigenvalue weighted by Gasteiger charge is 2.14. The first-order chi connectivity index (χ1) is 7.68. The molecule has 96 valence electrons. The standard InChI is InChI=1S/C12H26N2O2/c1-13(2)7-4-8-14(3)9-6-12-15-10-5-11-16-12/h12H,4-11H2,1-3H3. The van der Waals surface area contributed by atoms with E-state index < -0.39 is 0 Å². The van der Waals surface area contributed by atoms with Crippen LogP contribution in [0.4, 0.5) is 0 Å². The summed E-state index contributed by atoms with van der Waals surface area (Å²) in [7, 11) is 6.39. The van der Waals surface area contributed by atoms with Gasteiger partial charge in [0.15, 0.2) is 6.29 Å². The van der Waals surface area contributed by atoms with E-state index in [2.05, 4.69) is 30.9 Å². The molecule has 0 bridgehead atoms. The topological polar surface area (TPSA) is 24.9 Å². The maximum atomic E-state index is 5.51. The summed E-state index contributed by atoms with van der Waals surface area (Å²) in [5, 5.41) is 0. The summed E-state index contributed by atoms with van der Waals surface area (Å²) in [6, 6.07) is 0. The van der Waals surface area contributed by atoms with Crippen molar-refractivity contribution in [2.24, 2.45) is 0 Å². The van der Waals surface area contributed by atoms with E-state index in [0.717, 1.165) is 45.7 Å². The van der Waals surface area contributed by atoms with Crippen LogP contribution in [-0.4, -0.2) is 70.1 Å². The van der Waals surface area contributed by atoms with Crippen molar-refractivity contribution in [2.45, 2.75) is 25.6 Å². The number of hydrogen-bond donors (Lipinski definition) is 0. The van der Waals surface area contributed by atoms with Crippen LogP contribution in [0.5, 0.6) is 0 Å². The average molecular weight is 230 g/mol. The lowest BCUT2D eigenvalue weighted by Gasteiger charge is -2.25. The van der Waals surface area contributed by atoms with Crippen molar-refractivity contribution in [3.05, 3.63) is 0 Å². The van der Waals surface area contributed by atoms with E-state index in [1.807, 2.05) is 0 Å². The molecule has 1 aliphatic rings. The Bertz CT molecular complexity index is 170. The van der Waals surface area contributed by atoms with Crippen molar-refractivity contribution in [3.63, 3.8) is 0 Å². The molecule has 0 aromatic heterocycles. The molecule has 0 unspecified atom stereocenters. The van der Waals surface area contributed by atoms with Crippen LogP contribution in [0.3, 0.4) is 0 Å². The lowest BCUT2D eigenvalue weighted by Crippen LogP contribution is -2.31. The van der Waals surface area contributed by atoms with Gasteiger partial charge in [-0.15, -0.1) is 0 Å². The van der Waals surface area contributed by atoms with Crippen molar-refractivity contribution in [2.75, 3.05) is 54.0 Å². The van der Waals surface area contributed by atoms with Crippen LogP contribution >= 0.6 is 0 Å². The minimum atomic E-state index is 0.0325. The molecule has 0 atom stereocenters. The molecule has 1 aliphatic heterocycles. The molecule has 16 heavy (non-hydrogen) atoms. The quantitative estimate of drug-likeness (QED) is 0.652. The summed E-state index contributed by atoms with van der Waals surface area (Å²) < 4.78 is 11.0. The molecule has 1 fully saturated rings. The monoisotopic (exact) mass is 230 g/mol. The first-order valence-electron chi connectivity index (χ1n) is 6.25. The molecule has 0 radical (unpaired) electrons. The van der Waals surface area contributed by atoms with Crippen LogP contribution in [0, 0.1) is 0 Å². The Balaban J connectivity index is 1.98. The van der Waals surface area contributed by atoms with Gasteiger partial charge in [-0.05, 0) is 47.1 Å². The van der Waals surface area contributed by atoms with Gasteiger partial charge in [-0.2, -0.15) is 0 Å². The van der Waals surface area contributed by atoms with Crippen molar-refractivity contribution >= 4 is 0 Å². The molecule has 0 spiro atoms. The zero-order chi connectivity index (χ0) is 11.8. The Morgan fingerprint density at radius 3 is 2.31 bits per heavy atom. The first kappa shape index (κ1) is 13.9. The number of rotatable bonds is 7. The lowest BCUT2D eigenvalue weighted by molar-refractivity contribution is -0.182. The molecule has 4 nitrogen and oxygen atoms in total. The van der Waals surface area contributed by atoms with E-state index in [-0.39, 0.29) is 6.29 Å². The predicted octanol–water partition coefficient (Wildman–Crippen LogP) is 1.02. The number of nitrogens with zero attached hydrogens (tertiary/aromatic N) is 2. The molecular weight excluding hydrogens is 204 g/mol. The van der Waals surface area contributed by atoms with Gasteiger partial charge >= 0.3 is 0 Å². The van der Waals surface area contributed by atoms with Crippen molar-refractivity contribution < 1.29 is 9.47 Å². The van der Waals surface area contributed by atoms with E-state index >= 15 is 0 Å². The molecular formula is C12H26N2O2. The van der Waals surface area contributed by atoms with E-state index in [4.69, 9.17) is 9.47 Å². The van der Waals surface area contributed by atoms with Crippen LogP contribution in [0.25, 0.3) is 0 Å². The van der Waals surface area contributed by atoms with E-state index in [1.54, 1.807) is 0 Å².